The zero-order chi connectivity index (χ0) is 18.6. The molecule has 0 amide bonds. The summed E-state index contributed by atoms with van der Waals surface area (Å²) < 4.78 is 0. The van der Waals surface area contributed by atoms with Crippen molar-refractivity contribution in [1.82, 2.24) is 0 Å². The van der Waals surface area contributed by atoms with Crippen LogP contribution in [0.3, 0.4) is 0 Å². The third kappa shape index (κ3) is 4.97. The molecule has 0 aliphatic carbocycles. The highest BCUT2D eigenvalue weighted by molar-refractivity contribution is 4.97. The zero-order valence-corrected chi connectivity index (χ0v) is 18.1. The van der Waals surface area contributed by atoms with Gasteiger partial charge in [-0.2, -0.15) is 9.78 Å². The molecular formula is C22H44O2. The molecule has 1 saturated heterocycles. The molecule has 0 aromatic heterocycles. The first-order valence-corrected chi connectivity index (χ1v) is 10.3. The quantitative estimate of drug-likeness (QED) is 0.303. The number of hydrogen-bond donors (Lipinski definition) is 0. The fraction of sp³-hybridized carbons (Fsp3) is 1.00. The molecule has 1 heterocycles. The minimum atomic E-state index is -0.000515. The van der Waals surface area contributed by atoms with E-state index in [1.54, 1.807) is 0 Å². The van der Waals surface area contributed by atoms with Crippen LogP contribution in [-0.4, -0.2) is 6.29 Å². The van der Waals surface area contributed by atoms with E-state index >= 15 is 0 Å². The maximum atomic E-state index is 5.43. The molecule has 2 atom stereocenters. The molecule has 0 spiro atoms. The third-order valence-corrected chi connectivity index (χ3v) is 7.13. The number of hydrogen-bond acceptors (Lipinski definition) is 2. The van der Waals surface area contributed by atoms with E-state index in [-0.39, 0.29) is 17.1 Å². The van der Waals surface area contributed by atoms with E-state index in [4.69, 9.17) is 9.78 Å². The Bertz CT molecular complexity index is 372. The van der Waals surface area contributed by atoms with E-state index in [0.29, 0.717) is 10.8 Å². The summed E-state index contributed by atoms with van der Waals surface area (Å²) in [5.41, 5.74) is 0.997. The van der Waals surface area contributed by atoms with Crippen LogP contribution in [0.4, 0.5) is 0 Å². The van der Waals surface area contributed by atoms with Gasteiger partial charge in [-0.3, -0.25) is 0 Å². The van der Waals surface area contributed by atoms with Crippen LogP contribution >= 0.6 is 0 Å². The summed E-state index contributed by atoms with van der Waals surface area (Å²) in [5, 5.41) is 0. The van der Waals surface area contributed by atoms with Crippen LogP contribution in [0.25, 0.3) is 0 Å². The summed E-state index contributed by atoms with van der Waals surface area (Å²) in [6.45, 7) is 21.4. The Balaban J connectivity index is 3.00. The lowest BCUT2D eigenvalue weighted by Crippen LogP contribution is -2.43. The van der Waals surface area contributed by atoms with E-state index in [9.17, 15) is 0 Å². The molecule has 1 aliphatic heterocycles. The van der Waals surface area contributed by atoms with Crippen LogP contribution in [0.1, 0.15) is 114 Å². The molecule has 2 unspecified atom stereocenters. The van der Waals surface area contributed by atoms with Crippen molar-refractivity contribution in [3.8, 4) is 0 Å². The van der Waals surface area contributed by atoms with Gasteiger partial charge in [0, 0.05) is 5.41 Å². The highest BCUT2D eigenvalue weighted by Gasteiger charge is 2.56. The van der Waals surface area contributed by atoms with Gasteiger partial charge in [-0.05, 0) is 41.9 Å². The SMILES string of the molecule is CCCCC(C)(CCC(CCCC)(C1OO1)C(C)(C)C)C(C)(C)C. The van der Waals surface area contributed by atoms with Crippen molar-refractivity contribution in [2.75, 3.05) is 0 Å². The summed E-state index contributed by atoms with van der Waals surface area (Å²) in [7, 11) is 0. The molecule has 0 aromatic carbocycles. The molecule has 0 N–H and O–H groups in total. The summed E-state index contributed by atoms with van der Waals surface area (Å²) in [6, 6.07) is 0. The van der Waals surface area contributed by atoms with Gasteiger partial charge in [0.25, 0.3) is 0 Å². The first-order chi connectivity index (χ1) is 10.9. The molecular weight excluding hydrogens is 296 g/mol. The van der Waals surface area contributed by atoms with Crippen LogP contribution in [0, 0.1) is 21.7 Å². The summed E-state index contributed by atoms with van der Waals surface area (Å²) >= 11 is 0. The van der Waals surface area contributed by atoms with Crippen LogP contribution < -0.4 is 0 Å². The molecule has 1 rings (SSSR count). The fourth-order valence-electron chi connectivity index (χ4n) is 4.11. The second-order valence-corrected chi connectivity index (χ2v) is 10.4. The lowest BCUT2D eigenvalue weighted by molar-refractivity contribution is -0.0112. The Kier molecular flexibility index (Phi) is 7.39. The monoisotopic (exact) mass is 340 g/mol. The van der Waals surface area contributed by atoms with E-state index in [2.05, 4.69) is 62.3 Å². The Morgan fingerprint density at radius 3 is 1.50 bits per heavy atom. The van der Waals surface area contributed by atoms with Crippen molar-refractivity contribution in [2.45, 2.75) is 120 Å². The van der Waals surface area contributed by atoms with Crippen molar-refractivity contribution in [1.29, 1.82) is 0 Å². The molecule has 24 heavy (non-hydrogen) atoms. The van der Waals surface area contributed by atoms with Gasteiger partial charge in [-0.15, -0.1) is 0 Å². The molecule has 2 heteroatoms. The molecule has 1 aliphatic rings. The standard InChI is InChI=1S/C22H44O2/c1-10-12-14-21(9,19(3,4)5)16-17-22(15-13-11-2,18-23-24-18)20(6,7)8/h18H,10-17H2,1-9H3. The van der Waals surface area contributed by atoms with E-state index < -0.39 is 0 Å². The normalized spacial score (nSPS) is 21.4. The van der Waals surface area contributed by atoms with E-state index in [0.717, 1.165) is 0 Å². The fourth-order valence-corrected chi connectivity index (χ4v) is 4.11. The molecule has 0 bridgehead atoms. The van der Waals surface area contributed by atoms with Gasteiger partial charge < -0.3 is 0 Å². The topological polar surface area (TPSA) is 25.1 Å². The first kappa shape index (κ1) is 22.0. The molecule has 2 nitrogen and oxygen atoms in total. The van der Waals surface area contributed by atoms with Gasteiger partial charge >= 0.3 is 0 Å². The second-order valence-electron chi connectivity index (χ2n) is 10.4. The number of unbranched alkanes of at least 4 members (excludes halogenated alkanes) is 2. The summed E-state index contributed by atoms with van der Waals surface area (Å²) in [5.74, 6) is 0. The first-order valence-electron chi connectivity index (χ1n) is 10.3. The van der Waals surface area contributed by atoms with Gasteiger partial charge in [0.15, 0.2) is 0 Å². The molecule has 0 aromatic rings. The van der Waals surface area contributed by atoms with Gasteiger partial charge in [-0.25, -0.2) is 0 Å². The highest BCUT2D eigenvalue weighted by Crippen LogP contribution is 2.57. The van der Waals surface area contributed by atoms with Crippen molar-refractivity contribution >= 4 is 0 Å². The largest absolute Gasteiger partial charge is 0.230 e. The smallest absolute Gasteiger partial charge is 0.198 e. The van der Waals surface area contributed by atoms with Crippen molar-refractivity contribution < 1.29 is 9.78 Å². The van der Waals surface area contributed by atoms with Gasteiger partial charge in [0.2, 0.25) is 6.29 Å². The van der Waals surface area contributed by atoms with Gasteiger partial charge in [0.05, 0.1) is 0 Å². The summed E-state index contributed by atoms with van der Waals surface area (Å²) in [6.07, 6.45) is 10.0. The Labute approximate surface area is 152 Å². The number of rotatable bonds is 10. The predicted molar refractivity (Wildman–Crippen MR) is 104 cm³/mol. The Morgan fingerprint density at radius 2 is 1.12 bits per heavy atom. The van der Waals surface area contributed by atoms with Gasteiger partial charge in [0.1, 0.15) is 0 Å². The van der Waals surface area contributed by atoms with Crippen molar-refractivity contribution in [3.63, 3.8) is 0 Å². The Morgan fingerprint density at radius 1 is 0.625 bits per heavy atom. The minimum Gasteiger partial charge on any atom is -0.198 e. The predicted octanol–water partition coefficient (Wildman–Crippen LogP) is 7.52. The van der Waals surface area contributed by atoms with Crippen LogP contribution in [0.2, 0.25) is 0 Å². The summed E-state index contributed by atoms with van der Waals surface area (Å²) in [4.78, 5) is 10.9. The van der Waals surface area contributed by atoms with Crippen LogP contribution in [0.5, 0.6) is 0 Å². The second kappa shape index (κ2) is 8.08. The van der Waals surface area contributed by atoms with Crippen molar-refractivity contribution in [3.05, 3.63) is 0 Å². The van der Waals surface area contributed by atoms with E-state index in [1.807, 2.05) is 0 Å². The third-order valence-electron chi connectivity index (χ3n) is 7.13. The lowest BCUT2D eigenvalue weighted by atomic mass is 9.56. The Hall–Kier alpha value is -0.0800. The maximum absolute atomic E-state index is 5.43. The lowest BCUT2D eigenvalue weighted by Gasteiger charge is -2.48. The van der Waals surface area contributed by atoms with Crippen LogP contribution in [-0.2, 0) is 9.78 Å². The maximum Gasteiger partial charge on any atom is 0.230 e. The average Bonchev–Trinajstić information content (AvgIpc) is 3.27. The minimum absolute atomic E-state index is 0.000515. The van der Waals surface area contributed by atoms with E-state index in [1.165, 1.54) is 51.4 Å². The average molecular weight is 341 g/mol. The van der Waals surface area contributed by atoms with Gasteiger partial charge in [-0.1, -0.05) is 88.0 Å². The highest BCUT2D eigenvalue weighted by atomic mass is 17.4. The molecule has 0 radical (unpaired) electrons. The van der Waals surface area contributed by atoms with Crippen molar-refractivity contribution in [2.24, 2.45) is 21.7 Å². The van der Waals surface area contributed by atoms with Crippen LogP contribution in [0.15, 0.2) is 0 Å². The molecule has 0 saturated carbocycles. The molecule has 144 valence electrons. The zero-order valence-electron chi connectivity index (χ0n) is 18.1. The molecule has 1 fully saturated rings.